The second-order valence-electron chi connectivity index (χ2n) is 4.24. The number of hydrogen-bond donors (Lipinski definition) is 2. The lowest BCUT2D eigenvalue weighted by Gasteiger charge is -2.11. The van der Waals surface area contributed by atoms with Gasteiger partial charge in [0.25, 0.3) is 5.91 Å². The number of halogens is 1. The van der Waals surface area contributed by atoms with Gasteiger partial charge in [0.15, 0.2) is 5.75 Å². The molecule has 0 aliphatic carbocycles. The van der Waals surface area contributed by atoms with Gasteiger partial charge in [0, 0.05) is 11.0 Å². The van der Waals surface area contributed by atoms with Crippen molar-refractivity contribution in [1.29, 1.82) is 0 Å². The Morgan fingerprint density at radius 3 is 2.75 bits per heavy atom. The van der Waals surface area contributed by atoms with Gasteiger partial charge in [0.1, 0.15) is 0 Å². The van der Waals surface area contributed by atoms with E-state index in [-0.39, 0.29) is 5.91 Å². The summed E-state index contributed by atoms with van der Waals surface area (Å²) in [5, 5.41) is 2.85. The second-order valence-corrected chi connectivity index (χ2v) is 5.16. The SMILES string of the molecule is COc1c(N)cccc1C(=O)NCc1cccc(Br)c1. The van der Waals surface area contributed by atoms with Crippen molar-refractivity contribution >= 4 is 27.5 Å². The lowest BCUT2D eigenvalue weighted by Crippen LogP contribution is -2.23. The third kappa shape index (κ3) is 3.30. The fraction of sp³-hybridized carbons (Fsp3) is 0.133. The first-order valence-corrected chi connectivity index (χ1v) is 6.86. The minimum absolute atomic E-state index is 0.214. The Hall–Kier alpha value is -2.01. The van der Waals surface area contributed by atoms with E-state index < -0.39 is 0 Å². The van der Waals surface area contributed by atoms with E-state index in [9.17, 15) is 4.79 Å². The maximum absolute atomic E-state index is 12.2. The highest BCUT2D eigenvalue weighted by molar-refractivity contribution is 9.10. The van der Waals surface area contributed by atoms with Gasteiger partial charge in [-0.1, -0.05) is 34.1 Å². The van der Waals surface area contributed by atoms with Gasteiger partial charge in [-0.2, -0.15) is 0 Å². The number of methoxy groups -OCH3 is 1. The smallest absolute Gasteiger partial charge is 0.255 e. The van der Waals surface area contributed by atoms with Crippen molar-refractivity contribution in [1.82, 2.24) is 5.32 Å². The summed E-state index contributed by atoms with van der Waals surface area (Å²) in [5.74, 6) is 0.188. The van der Waals surface area contributed by atoms with E-state index in [2.05, 4.69) is 21.2 Å². The van der Waals surface area contributed by atoms with E-state index in [0.717, 1.165) is 10.0 Å². The number of benzene rings is 2. The number of carbonyl (C=O) groups is 1. The second kappa shape index (κ2) is 6.43. The number of nitrogens with one attached hydrogen (secondary N) is 1. The number of hydrogen-bond acceptors (Lipinski definition) is 3. The van der Waals surface area contributed by atoms with Gasteiger partial charge in [-0.25, -0.2) is 0 Å². The summed E-state index contributed by atoms with van der Waals surface area (Å²) in [6, 6.07) is 12.9. The molecule has 2 aromatic rings. The van der Waals surface area contributed by atoms with Gasteiger partial charge >= 0.3 is 0 Å². The van der Waals surface area contributed by atoms with Crippen LogP contribution in [0.25, 0.3) is 0 Å². The molecule has 5 heteroatoms. The average Bonchev–Trinajstić information content (AvgIpc) is 2.44. The zero-order chi connectivity index (χ0) is 14.5. The fourth-order valence-electron chi connectivity index (χ4n) is 1.89. The minimum atomic E-state index is -0.214. The third-order valence-corrected chi connectivity index (χ3v) is 3.33. The van der Waals surface area contributed by atoms with Crippen molar-refractivity contribution < 1.29 is 9.53 Å². The molecular formula is C15H15BrN2O2. The van der Waals surface area contributed by atoms with Crippen molar-refractivity contribution in [3.63, 3.8) is 0 Å². The number of anilines is 1. The van der Waals surface area contributed by atoms with E-state index in [0.29, 0.717) is 23.5 Å². The molecule has 20 heavy (non-hydrogen) atoms. The zero-order valence-corrected chi connectivity index (χ0v) is 12.6. The average molecular weight is 335 g/mol. The zero-order valence-electron chi connectivity index (χ0n) is 11.0. The van der Waals surface area contributed by atoms with Crippen LogP contribution in [-0.2, 0) is 6.54 Å². The van der Waals surface area contributed by atoms with E-state index >= 15 is 0 Å². The number of carbonyl (C=O) groups excluding carboxylic acids is 1. The summed E-state index contributed by atoms with van der Waals surface area (Å²) in [6.45, 7) is 0.441. The Kier molecular flexibility index (Phi) is 4.63. The van der Waals surface area contributed by atoms with Crippen molar-refractivity contribution in [3.05, 3.63) is 58.1 Å². The van der Waals surface area contributed by atoms with Crippen molar-refractivity contribution in [2.24, 2.45) is 0 Å². The lowest BCUT2D eigenvalue weighted by molar-refractivity contribution is 0.0948. The first kappa shape index (κ1) is 14.4. The highest BCUT2D eigenvalue weighted by atomic mass is 79.9. The van der Waals surface area contributed by atoms with Crippen LogP contribution < -0.4 is 15.8 Å². The Labute approximate surface area is 126 Å². The Morgan fingerprint density at radius 1 is 1.30 bits per heavy atom. The Bertz CT molecular complexity index is 629. The molecule has 0 bridgehead atoms. The molecule has 0 aliphatic rings. The summed E-state index contributed by atoms with van der Waals surface area (Å²) >= 11 is 3.40. The number of ether oxygens (including phenoxy) is 1. The van der Waals surface area contributed by atoms with Crippen LogP contribution in [0.5, 0.6) is 5.75 Å². The van der Waals surface area contributed by atoms with E-state index in [1.54, 1.807) is 18.2 Å². The molecule has 2 aromatic carbocycles. The van der Waals surface area contributed by atoms with Crippen LogP contribution in [0.4, 0.5) is 5.69 Å². The van der Waals surface area contributed by atoms with E-state index in [1.807, 2.05) is 24.3 Å². The molecule has 0 aliphatic heterocycles. The molecule has 0 saturated heterocycles. The minimum Gasteiger partial charge on any atom is -0.494 e. The summed E-state index contributed by atoms with van der Waals surface area (Å²) in [4.78, 5) is 12.2. The molecule has 0 spiro atoms. The fourth-order valence-corrected chi connectivity index (χ4v) is 2.33. The van der Waals surface area contributed by atoms with Gasteiger partial charge in [-0.05, 0) is 29.8 Å². The standard InChI is InChI=1S/C15H15BrN2O2/c1-20-14-12(6-3-7-13(14)17)15(19)18-9-10-4-2-5-11(16)8-10/h2-8H,9,17H2,1H3,(H,18,19). The highest BCUT2D eigenvalue weighted by Crippen LogP contribution is 2.25. The predicted octanol–water partition coefficient (Wildman–Crippen LogP) is 2.97. The maximum Gasteiger partial charge on any atom is 0.255 e. The topological polar surface area (TPSA) is 64.3 Å². The highest BCUT2D eigenvalue weighted by Gasteiger charge is 2.13. The first-order chi connectivity index (χ1) is 9.61. The summed E-state index contributed by atoms with van der Waals surface area (Å²) in [7, 11) is 1.50. The van der Waals surface area contributed by atoms with E-state index in [1.165, 1.54) is 7.11 Å². The molecule has 4 nitrogen and oxygen atoms in total. The number of nitrogen functional groups attached to an aromatic ring is 1. The molecule has 0 atom stereocenters. The summed E-state index contributed by atoms with van der Waals surface area (Å²) in [6.07, 6.45) is 0. The van der Waals surface area contributed by atoms with Crippen molar-refractivity contribution in [2.45, 2.75) is 6.54 Å². The van der Waals surface area contributed by atoms with Crippen LogP contribution in [-0.4, -0.2) is 13.0 Å². The molecular weight excluding hydrogens is 320 g/mol. The number of rotatable bonds is 4. The van der Waals surface area contributed by atoms with Crippen LogP contribution in [0, 0.1) is 0 Å². The van der Waals surface area contributed by atoms with Crippen molar-refractivity contribution in [2.75, 3.05) is 12.8 Å². The monoisotopic (exact) mass is 334 g/mol. The summed E-state index contributed by atoms with van der Waals surface area (Å²) in [5.41, 5.74) is 7.68. The number of amides is 1. The number of para-hydroxylation sites is 1. The molecule has 0 saturated carbocycles. The largest absolute Gasteiger partial charge is 0.494 e. The lowest BCUT2D eigenvalue weighted by atomic mass is 10.1. The predicted molar refractivity (Wildman–Crippen MR) is 82.7 cm³/mol. The summed E-state index contributed by atoms with van der Waals surface area (Å²) < 4.78 is 6.15. The van der Waals surface area contributed by atoms with Gasteiger partial charge in [-0.3, -0.25) is 4.79 Å². The van der Waals surface area contributed by atoms with Crippen LogP contribution in [0.1, 0.15) is 15.9 Å². The molecule has 0 radical (unpaired) electrons. The molecule has 0 fully saturated rings. The molecule has 104 valence electrons. The molecule has 0 unspecified atom stereocenters. The van der Waals surface area contributed by atoms with Gasteiger partial charge < -0.3 is 15.8 Å². The van der Waals surface area contributed by atoms with Crippen LogP contribution in [0.2, 0.25) is 0 Å². The Morgan fingerprint density at radius 2 is 2.05 bits per heavy atom. The first-order valence-electron chi connectivity index (χ1n) is 6.07. The number of nitrogens with two attached hydrogens (primary N) is 1. The van der Waals surface area contributed by atoms with Gasteiger partial charge in [-0.15, -0.1) is 0 Å². The quantitative estimate of drug-likeness (QED) is 0.845. The van der Waals surface area contributed by atoms with E-state index in [4.69, 9.17) is 10.5 Å². The Balaban J connectivity index is 2.11. The maximum atomic E-state index is 12.2. The van der Waals surface area contributed by atoms with Crippen LogP contribution >= 0.6 is 15.9 Å². The molecule has 3 N–H and O–H groups in total. The van der Waals surface area contributed by atoms with Gasteiger partial charge in [0.2, 0.25) is 0 Å². The van der Waals surface area contributed by atoms with Crippen molar-refractivity contribution in [3.8, 4) is 5.75 Å². The molecule has 2 rings (SSSR count). The van der Waals surface area contributed by atoms with Crippen LogP contribution in [0.15, 0.2) is 46.9 Å². The molecule has 0 aromatic heterocycles. The normalized spacial score (nSPS) is 10.1. The van der Waals surface area contributed by atoms with Crippen LogP contribution in [0.3, 0.4) is 0 Å². The van der Waals surface area contributed by atoms with Gasteiger partial charge in [0.05, 0.1) is 18.4 Å². The molecule has 1 amide bonds. The third-order valence-electron chi connectivity index (χ3n) is 2.84. The molecule has 0 heterocycles.